The van der Waals surface area contributed by atoms with Crippen LogP contribution in [0.2, 0.25) is 5.02 Å². The molecular weight excluding hydrogens is 309 g/mol. The van der Waals surface area contributed by atoms with Crippen molar-refractivity contribution in [2.45, 2.75) is 0 Å². The number of nitrogens with zero attached hydrogens (tertiary/aromatic N) is 1. The number of carbonyl (C=O) groups is 1. The largest absolute Gasteiger partial charge is 0.386 e. The van der Waals surface area contributed by atoms with Crippen LogP contribution in [0.3, 0.4) is 0 Å². The van der Waals surface area contributed by atoms with E-state index in [-0.39, 0.29) is 11.8 Å². The van der Waals surface area contributed by atoms with Crippen LogP contribution in [0.1, 0.15) is 10.4 Å². The predicted octanol–water partition coefficient (Wildman–Crippen LogP) is 3.82. The molecule has 0 aliphatic rings. The van der Waals surface area contributed by atoms with Crippen molar-refractivity contribution in [2.24, 2.45) is 10.7 Å². The molecule has 21 heavy (non-hydrogen) atoms. The maximum atomic E-state index is 12.1. The summed E-state index contributed by atoms with van der Waals surface area (Å²) in [5.41, 5.74) is 7.21. The van der Waals surface area contributed by atoms with Crippen molar-refractivity contribution in [1.29, 1.82) is 0 Å². The van der Waals surface area contributed by atoms with Gasteiger partial charge in [-0.15, -0.1) is 11.6 Å². The molecular formula is C15H13Cl2N3O. The lowest BCUT2D eigenvalue weighted by Crippen LogP contribution is -2.13. The fourth-order valence-corrected chi connectivity index (χ4v) is 1.97. The Hall–Kier alpha value is -2.04. The molecule has 1 amide bonds. The number of amides is 1. The van der Waals surface area contributed by atoms with Gasteiger partial charge in [-0.2, -0.15) is 0 Å². The zero-order valence-electron chi connectivity index (χ0n) is 11.0. The molecule has 0 radical (unpaired) electrons. The maximum Gasteiger partial charge on any atom is 0.257 e. The lowest BCUT2D eigenvalue weighted by atomic mass is 10.2. The molecule has 0 aliphatic heterocycles. The van der Waals surface area contributed by atoms with Gasteiger partial charge in [0.1, 0.15) is 5.84 Å². The molecule has 0 unspecified atom stereocenters. The molecule has 2 aromatic rings. The number of anilines is 1. The van der Waals surface area contributed by atoms with Crippen LogP contribution >= 0.6 is 23.2 Å². The molecule has 0 saturated carbocycles. The molecule has 0 aromatic heterocycles. The fourth-order valence-electron chi connectivity index (χ4n) is 1.69. The van der Waals surface area contributed by atoms with E-state index in [0.29, 0.717) is 27.8 Å². The first-order valence-corrected chi connectivity index (χ1v) is 7.06. The molecule has 0 fully saturated rings. The van der Waals surface area contributed by atoms with Gasteiger partial charge in [0.05, 0.1) is 22.2 Å². The first-order chi connectivity index (χ1) is 10.1. The molecule has 2 aromatic carbocycles. The smallest absolute Gasteiger partial charge is 0.257 e. The van der Waals surface area contributed by atoms with Crippen LogP contribution < -0.4 is 11.1 Å². The third-order valence-electron chi connectivity index (χ3n) is 2.63. The van der Waals surface area contributed by atoms with Crippen molar-refractivity contribution in [3.63, 3.8) is 0 Å². The minimum atomic E-state index is -0.285. The first kappa shape index (κ1) is 15.4. The highest BCUT2D eigenvalue weighted by atomic mass is 35.5. The topological polar surface area (TPSA) is 67.5 Å². The molecule has 0 atom stereocenters. The second-order valence-corrected chi connectivity index (χ2v) is 4.90. The molecule has 108 valence electrons. The normalized spacial score (nSPS) is 11.2. The van der Waals surface area contributed by atoms with Crippen molar-refractivity contribution in [3.8, 4) is 0 Å². The van der Waals surface area contributed by atoms with E-state index in [1.807, 2.05) is 0 Å². The van der Waals surface area contributed by atoms with Crippen molar-refractivity contribution >= 4 is 46.3 Å². The number of hydrogen-bond donors (Lipinski definition) is 2. The Bertz CT molecular complexity index is 686. The van der Waals surface area contributed by atoms with Crippen LogP contribution in [-0.2, 0) is 0 Å². The van der Waals surface area contributed by atoms with E-state index in [9.17, 15) is 4.79 Å². The van der Waals surface area contributed by atoms with Gasteiger partial charge in [0.2, 0.25) is 0 Å². The summed E-state index contributed by atoms with van der Waals surface area (Å²) in [5.74, 6) is 0.175. The Labute approximate surface area is 132 Å². The highest BCUT2D eigenvalue weighted by molar-refractivity contribution is 6.34. The number of carbonyl (C=O) groups excluding carboxylic acids is 1. The Morgan fingerprint density at radius 3 is 2.67 bits per heavy atom. The summed E-state index contributed by atoms with van der Waals surface area (Å²) in [6, 6.07) is 13.8. The summed E-state index contributed by atoms with van der Waals surface area (Å²) in [5, 5.41) is 3.16. The summed E-state index contributed by atoms with van der Waals surface area (Å²) in [6.07, 6.45) is 0. The third kappa shape index (κ3) is 4.21. The molecule has 0 spiro atoms. The monoisotopic (exact) mass is 321 g/mol. The van der Waals surface area contributed by atoms with Gasteiger partial charge in [0, 0.05) is 5.69 Å². The summed E-state index contributed by atoms with van der Waals surface area (Å²) >= 11 is 11.6. The van der Waals surface area contributed by atoms with E-state index in [2.05, 4.69) is 10.3 Å². The quantitative estimate of drug-likeness (QED) is 0.510. The zero-order valence-corrected chi connectivity index (χ0v) is 12.5. The Morgan fingerprint density at radius 1 is 1.19 bits per heavy atom. The van der Waals surface area contributed by atoms with Gasteiger partial charge < -0.3 is 11.1 Å². The average molecular weight is 322 g/mol. The van der Waals surface area contributed by atoms with Crippen LogP contribution in [0.25, 0.3) is 0 Å². The van der Waals surface area contributed by atoms with E-state index in [4.69, 9.17) is 28.9 Å². The summed E-state index contributed by atoms with van der Waals surface area (Å²) in [4.78, 5) is 16.3. The number of nitrogens with one attached hydrogen (secondary N) is 1. The molecule has 3 N–H and O–H groups in total. The number of aliphatic imine (C=N–C) groups is 1. The Kier molecular flexibility index (Phi) is 5.20. The number of halogens is 2. The van der Waals surface area contributed by atoms with Crippen LogP contribution in [0.4, 0.5) is 11.4 Å². The fraction of sp³-hybridized carbons (Fsp3) is 0.0667. The SMILES string of the molecule is NC(CCl)=Nc1cccc(NC(=O)c2ccccc2Cl)c1. The van der Waals surface area contributed by atoms with E-state index in [1.54, 1.807) is 48.5 Å². The lowest BCUT2D eigenvalue weighted by Gasteiger charge is -2.07. The van der Waals surface area contributed by atoms with E-state index in [0.717, 1.165) is 0 Å². The van der Waals surface area contributed by atoms with Crippen molar-refractivity contribution in [3.05, 3.63) is 59.1 Å². The summed E-state index contributed by atoms with van der Waals surface area (Å²) in [7, 11) is 0. The Morgan fingerprint density at radius 2 is 1.95 bits per heavy atom. The van der Waals surface area contributed by atoms with Gasteiger partial charge in [0.25, 0.3) is 5.91 Å². The lowest BCUT2D eigenvalue weighted by molar-refractivity contribution is 0.102. The molecule has 4 nitrogen and oxygen atoms in total. The average Bonchev–Trinajstić information content (AvgIpc) is 2.47. The first-order valence-electron chi connectivity index (χ1n) is 6.15. The van der Waals surface area contributed by atoms with Gasteiger partial charge in [-0.25, -0.2) is 4.99 Å². The second-order valence-electron chi connectivity index (χ2n) is 4.22. The van der Waals surface area contributed by atoms with Gasteiger partial charge >= 0.3 is 0 Å². The maximum absolute atomic E-state index is 12.1. The molecule has 0 saturated heterocycles. The zero-order chi connectivity index (χ0) is 15.2. The van der Waals surface area contributed by atoms with E-state index < -0.39 is 0 Å². The third-order valence-corrected chi connectivity index (χ3v) is 3.24. The van der Waals surface area contributed by atoms with Crippen LogP contribution in [0.5, 0.6) is 0 Å². The minimum Gasteiger partial charge on any atom is -0.386 e. The molecule has 0 heterocycles. The molecule has 6 heteroatoms. The number of amidine groups is 1. The summed E-state index contributed by atoms with van der Waals surface area (Å²) < 4.78 is 0. The number of rotatable bonds is 4. The van der Waals surface area contributed by atoms with Crippen LogP contribution in [-0.4, -0.2) is 17.6 Å². The molecule has 2 rings (SSSR count). The molecule has 0 aliphatic carbocycles. The van der Waals surface area contributed by atoms with Gasteiger partial charge in [0.15, 0.2) is 0 Å². The van der Waals surface area contributed by atoms with Gasteiger partial charge in [-0.1, -0.05) is 29.8 Å². The standard InChI is InChI=1S/C15H13Cl2N3O/c16-9-14(18)19-10-4-3-5-11(8-10)20-15(21)12-6-1-2-7-13(12)17/h1-8H,9H2,(H2,18,19)(H,20,21). The van der Waals surface area contributed by atoms with Gasteiger partial charge in [-0.3, -0.25) is 4.79 Å². The predicted molar refractivity (Wildman–Crippen MR) is 87.8 cm³/mol. The van der Waals surface area contributed by atoms with E-state index in [1.165, 1.54) is 0 Å². The number of benzene rings is 2. The van der Waals surface area contributed by atoms with Crippen molar-refractivity contribution in [2.75, 3.05) is 11.2 Å². The number of nitrogens with two attached hydrogens (primary N) is 1. The van der Waals surface area contributed by atoms with Crippen molar-refractivity contribution < 1.29 is 4.79 Å². The second kappa shape index (κ2) is 7.11. The van der Waals surface area contributed by atoms with Crippen molar-refractivity contribution in [1.82, 2.24) is 0 Å². The van der Waals surface area contributed by atoms with Gasteiger partial charge in [-0.05, 0) is 30.3 Å². The van der Waals surface area contributed by atoms with E-state index >= 15 is 0 Å². The van der Waals surface area contributed by atoms with Crippen LogP contribution in [0.15, 0.2) is 53.5 Å². The highest BCUT2D eigenvalue weighted by Crippen LogP contribution is 2.20. The summed E-state index contributed by atoms with van der Waals surface area (Å²) in [6.45, 7) is 0. The minimum absolute atomic E-state index is 0.149. The number of alkyl halides is 1. The Balaban J connectivity index is 2.19. The van der Waals surface area contributed by atoms with Crippen LogP contribution in [0, 0.1) is 0 Å². The highest BCUT2D eigenvalue weighted by Gasteiger charge is 2.09. The molecule has 0 bridgehead atoms. The number of hydrogen-bond acceptors (Lipinski definition) is 2.